The SMILES string of the molecule is CCOC(=O)COc1ccc([C@@H]2c3ccc(O)cc3OC[C@H]2c2ccccc2)cc1. The van der Waals surface area contributed by atoms with Crippen LogP contribution in [0.1, 0.15) is 35.4 Å². The summed E-state index contributed by atoms with van der Waals surface area (Å²) >= 11 is 0. The number of hydrogen-bond acceptors (Lipinski definition) is 5. The van der Waals surface area contributed by atoms with Gasteiger partial charge in [-0.15, -0.1) is 0 Å². The van der Waals surface area contributed by atoms with Crippen LogP contribution in [0.3, 0.4) is 0 Å². The molecular formula is C25H24O5. The van der Waals surface area contributed by atoms with Gasteiger partial charge in [-0.2, -0.15) is 0 Å². The van der Waals surface area contributed by atoms with Crippen LogP contribution in [0.25, 0.3) is 0 Å². The summed E-state index contributed by atoms with van der Waals surface area (Å²) in [5.41, 5.74) is 3.35. The predicted octanol–water partition coefficient (Wildman–Crippen LogP) is 4.64. The summed E-state index contributed by atoms with van der Waals surface area (Å²) in [5.74, 6) is 1.32. The molecule has 1 aliphatic heterocycles. The van der Waals surface area contributed by atoms with Crippen LogP contribution in [0, 0.1) is 0 Å². The van der Waals surface area contributed by atoms with Gasteiger partial charge in [-0.3, -0.25) is 0 Å². The van der Waals surface area contributed by atoms with E-state index in [1.54, 1.807) is 19.1 Å². The van der Waals surface area contributed by atoms with E-state index in [2.05, 4.69) is 12.1 Å². The molecule has 5 nitrogen and oxygen atoms in total. The third-order valence-electron chi connectivity index (χ3n) is 5.28. The quantitative estimate of drug-likeness (QED) is 0.606. The highest BCUT2D eigenvalue weighted by Crippen LogP contribution is 2.47. The lowest BCUT2D eigenvalue weighted by Gasteiger charge is -2.34. The highest BCUT2D eigenvalue weighted by Gasteiger charge is 2.33. The number of esters is 1. The summed E-state index contributed by atoms with van der Waals surface area (Å²) in [4.78, 5) is 11.5. The van der Waals surface area contributed by atoms with Crippen molar-refractivity contribution in [3.05, 3.63) is 89.5 Å². The van der Waals surface area contributed by atoms with Gasteiger partial charge in [-0.25, -0.2) is 4.79 Å². The van der Waals surface area contributed by atoms with E-state index in [-0.39, 0.29) is 30.2 Å². The van der Waals surface area contributed by atoms with E-state index in [1.165, 1.54) is 5.56 Å². The van der Waals surface area contributed by atoms with Gasteiger partial charge in [0, 0.05) is 23.5 Å². The number of carbonyl (C=O) groups excluding carboxylic acids is 1. The number of fused-ring (bicyclic) bond motifs is 1. The molecule has 5 heteroatoms. The lowest BCUT2D eigenvalue weighted by atomic mass is 9.76. The van der Waals surface area contributed by atoms with Crippen LogP contribution in [-0.2, 0) is 9.53 Å². The summed E-state index contributed by atoms with van der Waals surface area (Å²) in [5, 5.41) is 9.87. The highest BCUT2D eigenvalue weighted by molar-refractivity contribution is 5.71. The number of phenolic OH excluding ortho intramolecular Hbond substituents is 1. The van der Waals surface area contributed by atoms with Crippen molar-refractivity contribution in [1.82, 2.24) is 0 Å². The van der Waals surface area contributed by atoms with E-state index in [0.717, 1.165) is 11.1 Å². The molecule has 1 heterocycles. The van der Waals surface area contributed by atoms with Crippen LogP contribution in [-0.4, -0.2) is 30.9 Å². The third kappa shape index (κ3) is 4.25. The number of rotatable bonds is 6. The topological polar surface area (TPSA) is 65.0 Å². The van der Waals surface area contributed by atoms with Crippen LogP contribution < -0.4 is 9.47 Å². The van der Waals surface area contributed by atoms with E-state index in [1.807, 2.05) is 48.5 Å². The van der Waals surface area contributed by atoms with Crippen LogP contribution in [0.2, 0.25) is 0 Å². The molecule has 154 valence electrons. The molecule has 0 aliphatic carbocycles. The molecule has 0 unspecified atom stereocenters. The minimum absolute atomic E-state index is 0.0656. The van der Waals surface area contributed by atoms with Gasteiger partial charge in [0.1, 0.15) is 17.2 Å². The number of ether oxygens (including phenoxy) is 3. The van der Waals surface area contributed by atoms with Gasteiger partial charge in [-0.1, -0.05) is 48.5 Å². The molecule has 0 spiro atoms. The summed E-state index contributed by atoms with van der Waals surface area (Å²) in [6, 6.07) is 23.4. The molecule has 0 saturated heterocycles. The largest absolute Gasteiger partial charge is 0.508 e. The van der Waals surface area contributed by atoms with Gasteiger partial charge in [0.15, 0.2) is 6.61 Å². The molecule has 4 rings (SSSR count). The van der Waals surface area contributed by atoms with Gasteiger partial charge in [0.25, 0.3) is 0 Å². The first-order chi connectivity index (χ1) is 14.7. The first-order valence-corrected chi connectivity index (χ1v) is 10.0. The molecule has 1 aliphatic rings. The Hall–Kier alpha value is -3.47. The van der Waals surface area contributed by atoms with Crippen molar-refractivity contribution >= 4 is 5.97 Å². The molecule has 0 aromatic heterocycles. The molecule has 2 atom stereocenters. The molecule has 0 radical (unpaired) electrons. The molecule has 0 bridgehead atoms. The summed E-state index contributed by atoms with van der Waals surface area (Å²) < 4.78 is 16.4. The monoisotopic (exact) mass is 404 g/mol. The van der Waals surface area contributed by atoms with Crippen molar-refractivity contribution in [1.29, 1.82) is 0 Å². The van der Waals surface area contributed by atoms with Crippen molar-refractivity contribution < 1.29 is 24.1 Å². The average Bonchev–Trinajstić information content (AvgIpc) is 2.78. The van der Waals surface area contributed by atoms with E-state index in [4.69, 9.17) is 14.2 Å². The lowest BCUT2D eigenvalue weighted by molar-refractivity contribution is -0.145. The van der Waals surface area contributed by atoms with E-state index >= 15 is 0 Å². The van der Waals surface area contributed by atoms with Crippen molar-refractivity contribution in [2.75, 3.05) is 19.8 Å². The van der Waals surface area contributed by atoms with Crippen LogP contribution in [0.4, 0.5) is 0 Å². The second kappa shape index (κ2) is 8.91. The highest BCUT2D eigenvalue weighted by atomic mass is 16.6. The van der Waals surface area contributed by atoms with Gasteiger partial charge in [0.05, 0.1) is 13.2 Å². The van der Waals surface area contributed by atoms with Crippen molar-refractivity contribution in [2.45, 2.75) is 18.8 Å². The van der Waals surface area contributed by atoms with E-state index < -0.39 is 0 Å². The van der Waals surface area contributed by atoms with Crippen LogP contribution in [0.5, 0.6) is 17.2 Å². The fraction of sp³-hybridized carbons (Fsp3) is 0.240. The fourth-order valence-electron chi connectivity index (χ4n) is 3.91. The molecule has 3 aromatic rings. The van der Waals surface area contributed by atoms with Gasteiger partial charge < -0.3 is 19.3 Å². The maximum absolute atomic E-state index is 11.5. The Kier molecular flexibility index (Phi) is 5.89. The summed E-state index contributed by atoms with van der Waals surface area (Å²) in [7, 11) is 0. The standard InChI is InChI=1S/C25H24O5/c1-2-28-24(27)16-29-20-11-8-18(9-12-20)25-21-13-10-19(26)14-23(21)30-15-22(25)17-6-4-3-5-7-17/h3-14,22,25-26H,2,15-16H2,1H3/t22-,25+/m0/s1. The third-order valence-corrected chi connectivity index (χ3v) is 5.28. The Morgan fingerprint density at radius 3 is 2.53 bits per heavy atom. The van der Waals surface area contributed by atoms with Crippen molar-refractivity contribution in [2.24, 2.45) is 0 Å². The normalized spacial score (nSPS) is 17.5. The summed E-state index contributed by atoms with van der Waals surface area (Å²) in [6.45, 7) is 2.51. The number of phenols is 1. The van der Waals surface area contributed by atoms with E-state index in [9.17, 15) is 9.90 Å². The fourth-order valence-corrected chi connectivity index (χ4v) is 3.91. The second-order valence-electron chi connectivity index (χ2n) is 7.19. The van der Waals surface area contributed by atoms with Crippen molar-refractivity contribution in [3.8, 4) is 17.2 Å². The smallest absolute Gasteiger partial charge is 0.344 e. The minimum atomic E-state index is -0.385. The van der Waals surface area contributed by atoms with Gasteiger partial charge in [-0.05, 0) is 36.2 Å². The molecule has 3 aromatic carbocycles. The zero-order valence-electron chi connectivity index (χ0n) is 16.8. The van der Waals surface area contributed by atoms with Gasteiger partial charge >= 0.3 is 5.97 Å². The van der Waals surface area contributed by atoms with Crippen LogP contribution in [0.15, 0.2) is 72.8 Å². The molecule has 0 amide bonds. The molecule has 30 heavy (non-hydrogen) atoms. The zero-order valence-corrected chi connectivity index (χ0v) is 16.8. The summed E-state index contributed by atoms with van der Waals surface area (Å²) in [6.07, 6.45) is 0. The zero-order chi connectivity index (χ0) is 20.9. The van der Waals surface area contributed by atoms with Crippen LogP contribution >= 0.6 is 0 Å². The maximum Gasteiger partial charge on any atom is 0.344 e. The lowest BCUT2D eigenvalue weighted by Crippen LogP contribution is -2.25. The molecule has 0 fully saturated rings. The number of benzene rings is 3. The molecular weight excluding hydrogens is 380 g/mol. The minimum Gasteiger partial charge on any atom is -0.508 e. The molecule has 1 N–H and O–H groups in total. The predicted molar refractivity (Wildman–Crippen MR) is 113 cm³/mol. The van der Waals surface area contributed by atoms with E-state index in [0.29, 0.717) is 24.7 Å². The Morgan fingerprint density at radius 1 is 1.03 bits per heavy atom. The van der Waals surface area contributed by atoms with Crippen molar-refractivity contribution in [3.63, 3.8) is 0 Å². The first kappa shape index (κ1) is 19.8. The Bertz CT molecular complexity index is 998. The maximum atomic E-state index is 11.5. The first-order valence-electron chi connectivity index (χ1n) is 10.0. The number of hydrogen-bond donors (Lipinski definition) is 1. The second-order valence-corrected chi connectivity index (χ2v) is 7.19. The Labute approximate surface area is 175 Å². The number of aromatic hydroxyl groups is 1. The Balaban J connectivity index is 1.64. The average molecular weight is 404 g/mol. The Morgan fingerprint density at radius 2 is 1.80 bits per heavy atom. The van der Waals surface area contributed by atoms with Gasteiger partial charge in [0.2, 0.25) is 0 Å². The number of carbonyl (C=O) groups is 1. The molecule has 0 saturated carbocycles.